The smallest absolute Gasteiger partial charge is 0.206 e. The van der Waals surface area contributed by atoms with Gasteiger partial charge in [0.1, 0.15) is 5.69 Å². The highest BCUT2D eigenvalue weighted by Gasteiger charge is 2.12. The third kappa shape index (κ3) is 4.03. The van der Waals surface area contributed by atoms with E-state index in [0.29, 0.717) is 0 Å². The van der Waals surface area contributed by atoms with Crippen LogP contribution in [0.4, 0.5) is 5.95 Å². The molecular weight excluding hydrogens is 392 g/mol. The van der Waals surface area contributed by atoms with Crippen molar-refractivity contribution in [2.24, 2.45) is 7.05 Å². The number of fused-ring (bicyclic) bond motifs is 1. The van der Waals surface area contributed by atoms with Gasteiger partial charge < -0.3 is 9.47 Å². The summed E-state index contributed by atoms with van der Waals surface area (Å²) in [5, 5.41) is 0.725. The summed E-state index contributed by atoms with van der Waals surface area (Å²) in [5.74, 6) is 7.35. The molecule has 150 valence electrons. The van der Waals surface area contributed by atoms with E-state index in [1.807, 2.05) is 54.7 Å². The van der Waals surface area contributed by atoms with Gasteiger partial charge >= 0.3 is 0 Å². The minimum Gasteiger partial charge on any atom is -0.343 e. The minimum absolute atomic E-state index is 0.725. The normalized spacial score (nSPS) is 10.7. The Kier molecular flexibility index (Phi) is 5.74. The van der Waals surface area contributed by atoms with Crippen LogP contribution < -0.4 is 4.90 Å². The first-order valence-corrected chi connectivity index (χ1v) is 10.4. The van der Waals surface area contributed by atoms with Crippen LogP contribution in [0.2, 0.25) is 5.02 Å². The maximum Gasteiger partial charge on any atom is 0.206 e. The van der Waals surface area contributed by atoms with Gasteiger partial charge in [-0.25, -0.2) is 9.97 Å². The van der Waals surface area contributed by atoms with Crippen molar-refractivity contribution < 1.29 is 0 Å². The summed E-state index contributed by atoms with van der Waals surface area (Å²) in [6.07, 6.45) is 1.84. The van der Waals surface area contributed by atoms with E-state index in [-0.39, 0.29) is 0 Å². The van der Waals surface area contributed by atoms with Crippen molar-refractivity contribution in [1.82, 2.24) is 14.5 Å². The van der Waals surface area contributed by atoms with Crippen LogP contribution in [0.1, 0.15) is 25.1 Å². The molecule has 0 saturated carbocycles. The monoisotopic (exact) mass is 414 g/mol. The molecule has 4 nitrogen and oxygen atoms in total. The second kappa shape index (κ2) is 8.61. The summed E-state index contributed by atoms with van der Waals surface area (Å²) in [7, 11) is 2.06. The third-order valence-corrected chi connectivity index (χ3v) is 5.43. The number of nitrogens with zero attached hydrogens (tertiary/aromatic N) is 4. The fraction of sp³-hybridized carbons (Fsp3) is 0.200. The van der Waals surface area contributed by atoms with E-state index in [1.165, 1.54) is 0 Å². The molecule has 0 atom stereocenters. The summed E-state index contributed by atoms with van der Waals surface area (Å²) in [6, 6.07) is 17.8. The number of hydrogen-bond donors (Lipinski definition) is 0. The summed E-state index contributed by atoms with van der Waals surface area (Å²) >= 11 is 5.96. The molecule has 0 saturated heterocycles. The molecule has 0 fully saturated rings. The van der Waals surface area contributed by atoms with Crippen LogP contribution in [0.25, 0.3) is 22.2 Å². The van der Waals surface area contributed by atoms with Crippen LogP contribution in [0.3, 0.4) is 0 Å². The Bertz CT molecular complexity index is 1220. The predicted octanol–water partition coefficient (Wildman–Crippen LogP) is 5.53. The molecule has 0 radical (unpaired) electrons. The van der Waals surface area contributed by atoms with Crippen molar-refractivity contribution in [3.63, 3.8) is 0 Å². The van der Waals surface area contributed by atoms with Gasteiger partial charge in [0.05, 0.1) is 11.0 Å². The first kappa shape index (κ1) is 20.0. The van der Waals surface area contributed by atoms with Crippen LogP contribution in [0.15, 0.2) is 60.8 Å². The molecule has 0 aliphatic carbocycles. The maximum atomic E-state index is 5.96. The second-order valence-electron chi connectivity index (χ2n) is 7.04. The lowest BCUT2D eigenvalue weighted by Gasteiger charge is -2.19. The Morgan fingerprint density at radius 2 is 1.67 bits per heavy atom. The fourth-order valence-electron chi connectivity index (χ4n) is 3.47. The molecule has 2 heterocycles. The average molecular weight is 415 g/mol. The van der Waals surface area contributed by atoms with Gasteiger partial charge in [-0.15, -0.1) is 0 Å². The molecule has 0 bridgehead atoms. The Labute approximate surface area is 182 Å². The standard InChI is InChI=1S/C25H23ClN4/c1-4-30(5-2)25-28-23-16-18(7-15-24(23)29(25)3)6-13-22-14-10-20(17-27-22)19-8-11-21(26)12-9-19/h7-12,14-17H,4-5H2,1-3H3. The van der Waals surface area contributed by atoms with Crippen molar-refractivity contribution in [2.45, 2.75) is 13.8 Å². The molecule has 4 aromatic rings. The Balaban J connectivity index is 1.58. The van der Waals surface area contributed by atoms with E-state index in [1.54, 1.807) is 0 Å². The number of pyridine rings is 1. The van der Waals surface area contributed by atoms with Gasteiger partial charge in [0.25, 0.3) is 0 Å². The highest BCUT2D eigenvalue weighted by Crippen LogP contribution is 2.23. The zero-order valence-corrected chi connectivity index (χ0v) is 18.1. The molecule has 0 aliphatic rings. The zero-order valence-electron chi connectivity index (χ0n) is 17.4. The second-order valence-corrected chi connectivity index (χ2v) is 7.47. The lowest BCUT2D eigenvalue weighted by atomic mass is 10.1. The van der Waals surface area contributed by atoms with E-state index in [9.17, 15) is 0 Å². The van der Waals surface area contributed by atoms with Crippen molar-refractivity contribution >= 4 is 28.6 Å². The topological polar surface area (TPSA) is 34.0 Å². The van der Waals surface area contributed by atoms with E-state index in [2.05, 4.69) is 53.3 Å². The number of rotatable bonds is 4. The summed E-state index contributed by atoms with van der Waals surface area (Å²) in [5.41, 5.74) is 5.84. The van der Waals surface area contributed by atoms with Gasteiger partial charge in [0.2, 0.25) is 5.95 Å². The maximum absolute atomic E-state index is 5.96. The number of halogens is 1. The molecule has 0 aliphatic heterocycles. The van der Waals surface area contributed by atoms with Crippen molar-refractivity contribution in [1.29, 1.82) is 0 Å². The van der Waals surface area contributed by atoms with Gasteiger partial charge in [0, 0.05) is 42.5 Å². The first-order chi connectivity index (χ1) is 14.6. The fourth-order valence-corrected chi connectivity index (χ4v) is 3.60. The summed E-state index contributed by atoms with van der Waals surface area (Å²) < 4.78 is 2.14. The lowest BCUT2D eigenvalue weighted by Crippen LogP contribution is -2.24. The minimum atomic E-state index is 0.725. The van der Waals surface area contributed by atoms with E-state index >= 15 is 0 Å². The average Bonchev–Trinajstić information content (AvgIpc) is 3.10. The van der Waals surface area contributed by atoms with Crippen LogP contribution in [-0.2, 0) is 7.05 Å². The van der Waals surface area contributed by atoms with Gasteiger partial charge in [-0.1, -0.05) is 35.7 Å². The third-order valence-electron chi connectivity index (χ3n) is 5.18. The summed E-state index contributed by atoms with van der Waals surface area (Å²) in [4.78, 5) is 11.6. The van der Waals surface area contributed by atoms with E-state index < -0.39 is 0 Å². The molecule has 4 rings (SSSR count). The quantitative estimate of drug-likeness (QED) is 0.411. The Morgan fingerprint density at radius 1 is 0.933 bits per heavy atom. The van der Waals surface area contributed by atoms with Gasteiger partial charge in [-0.2, -0.15) is 0 Å². The van der Waals surface area contributed by atoms with Crippen molar-refractivity contribution in [3.05, 3.63) is 77.1 Å². The van der Waals surface area contributed by atoms with E-state index in [4.69, 9.17) is 16.6 Å². The molecule has 2 aromatic carbocycles. The molecule has 0 N–H and O–H groups in total. The van der Waals surface area contributed by atoms with E-state index in [0.717, 1.165) is 57.5 Å². The number of imidazole rings is 1. The number of aromatic nitrogens is 3. The number of benzene rings is 2. The van der Waals surface area contributed by atoms with Crippen LogP contribution >= 0.6 is 11.6 Å². The van der Waals surface area contributed by atoms with Crippen molar-refractivity contribution in [3.8, 4) is 23.0 Å². The summed E-state index contributed by atoms with van der Waals surface area (Å²) in [6.45, 7) is 6.14. The van der Waals surface area contributed by atoms with Gasteiger partial charge in [-0.3, -0.25) is 0 Å². The SMILES string of the molecule is CCN(CC)c1nc2cc(C#Cc3ccc(-c4ccc(Cl)cc4)cn3)ccc2n1C. The highest BCUT2D eigenvalue weighted by atomic mass is 35.5. The van der Waals surface area contributed by atoms with Crippen molar-refractivity contribution in [2.75, 3.05) is 18.0 Å². The Hall–Kier alpha value is -3.29. The molecule has 5 heteroatoms. The number of anilines is 1. The molecular formula is C25H23ClN4. The van der Waals surface area contributed by atoms with Gasteiger partial charge in [0.15, 0.2) is 0 Å². The lowest BCUT2D eigenvalue weighted by molar-refractivity contribution is 0.785. The molecule has 2 aromatic heterocycles. The van der Waals surface area contributed by atoms with Crippen LogP contribution in [0, 0.1) is 11.8 Å². The molecule has 0 amide bonds. The van der Waals surface area contributed by atoms with Crippen LogP contribution in [0.5, 0.6) is 0 Å². The molecule has 0 unspecified atom stereocenters. The Morgan fingerprint density at radius 3 is 2.33 bits per heavy atom. The van der Waals surface area contributed by atoms with Crippen LogP contribution in [-0.4, -0.2) is 27.6 Å². The predicted molar refractivity (Wildman–Crippen MR) is 125 cm³/mol. The van der Waals surface area contributed by atoms with Gasteiger partial charge in [-0.05, 0) is 61.7 Å². The largest absolute Gasteiger partial charge is 0.343 e. The highest BCUT2D eigenvalue weighted by molar-refractivity contribution is 6.30. The molecule has 30 heavy (non-hydrogen) atoms. The number of hydrogen-bond acceptors (Lipinski definition) is 3. The zero-order chi connectivity index (χ0) is 21.1. The first-order valence-electron chi connectivity index (χ1n) is 10.0. The molecule has 0 spiro atoms. The number of aryl methyl sites for hydroxylation is 1.